The lowest BCUT2D eigenvalue weighted by Crippen LogP contribution is -2.14. The van der Waals surface area contributed by atoms with Crippen LogP contribution in [0.2, 0.25) is 0 Å². The van der Waals surface area contributed by atoms with Gasteiger partial charge in [0.15, 0.2) is 0 Å². The van der Waals surface area contributed by atoms with E-state index >= 15 is 0 Å². The van der Waals surface area contributed by atoms with E-state index in [4.69, 9.17) is 0 Å². The SMILES string of the molecule is Cc1ccc(S(=O)(=O)Nc2cc(C)c([N+](=O)[O-])cc2C)cc1. The van der Waals surface area contributed by atoms with E-state index in [-0.39, 0.29) is 10.6 Å². The lowest BCUT2D eigenvalue weighted by Gasteiger charge is -2.12. The third kappa shape index (κ3) is 3.25. The van der Waals surface area contributed by atoms with Crippen LogP contribution in [0.15, 0.2) is 41.3 Å². The van der Waals surface area contributed by atoms with Gasteiger partial charge in [0, 0.05) is 11.6 Å². The molecule has 0 saturated heterocycles. The average Bonchev–Trinajstić information content (AvgIpc) is 2.42. The Morgan fingerprint density at radius 1 is 1.00 bits per heavy atom. The van der Waals surface area contributed by atoms with E-state index in [0.717, 1.165) is 5.56 Å². The summed E-state index contributed by atoms with van der Waals surface area (Å²) in [6, 6.07) is 9.29. The number of nitrogens with zero attached hydrogens (tertiary/aromatic N) is 1. The highest BCUT2D eigenvalue weighted by atomic mass is 32.2. The van der Waals surface area contributed by atoms with E-state index < -0.39 is 14.9 Å². The van der Waals surface area contributed by atoms with Gasteiger partial charge in [-0.1, -0.05) is 17.7 Å². The predicted molar refractivity (Wildman–Crippen MR) is 84.6 cm³/mol. The largest absolute Gasteiger partial charge is 0.279 e. The Kier molecular flexibility index (Phi) is 4.18. The van der Waals surface area contributed by atoms with Gasteiger partial charge in [0.1, 0.15) is 0 Å². The molecule has 116 valence electrons. The number of sulfonamides is 1. The summed E-state index contributed by atoms with van der Waals surface area (Å²) in [6.07, 6.45) is 0. The van der Waals surface area contributed by atoms with Crippen molar-refractivity contribution in [2.75, 3.05) is 4.72 Å². The quantitative estimate of drug-likeness (QED) is 0.691. The van der Waals surface area contributed by atoms with Crippen LogP contribution in [0.3, 0.4) is 0 Å². The van der Waals surface area contributed by atoms with Crippen LogP contribution in [0.1, 0.15) is 16.7 Å². The van der Waals surface area contributed by atoms with Gasteiger partial charge in [-0.25, -0.2) is 8.42 Å². The molecular weight excluding hydrogens is 304 g/mol. The lowest BCUT2D eigenvalue weighted by molar-refractivity contribution is -0.385. The molecule has 6 nitrogen and oxygen atoms in total. The van der Waals surface area contributed by atoms with E-state index in [0.29, 0.717) is 16.8 Å². The molecule has 0 unspecified atom stereocenters. The van der Waals surface area contributed by atoms with E-state index in [1.165, 1.54) is 24.3 Å². The minimum absolute atomic E-state index is 0.0317. The molecule has 0 fully saturated rings. The fourth-order valence-corrected chi connectivity index (χ4v) is 3.15. The van der Waals surface area contributed by atoms with Crippen molar-refractivity contribution in [2.24, 2.45) is 0 Å². The molecule has 0 heterocycles. The van der Waals surface area contributed by atoms with Crippen molar-refractivity contribution in [1.82, 2.24) is 0 Å². The Hall–Kier alpha value is -2.41. The van der Waals surface area contributed by atoms with E-state index in [9.17, 15) is 18.5 Å². The minimum atomic E-state index is -3.72. The molecule has 2 rings (SSSR count). The molecule has 0 aliphatic heterocycles. The molecule has 0 atom stereocenters. The van der Waals surface area contributed by atoms with Crippen LogP contribution < -0.4 is 4.72 Å². The van der Waals surface area contributed by atoms with Crippen LogP contribution in [-0.4, -0.2) is 13.3 Å². The maximum atomic E-state index is 12.4. The van der Waals surface area contributed by atoms with Gasteiger partial charge >= 0.3 is 0 Å². The minimum Gasteiger partial charge on any atom is -0.279 e. The molecule has 22 heavy (non-hydrogen) atoms. The summed E-state index contributed by atoms with van der Waals surface area (Å²) >= 11 is 0. The van der Waals surface area contributed by atoms with Crippen LogP contribution >= 0.6 is 0 Å². The lowest BCUT2D eigenvalue weighted by atomic mass is 10.1. The normalized spacial score (nSPS) is 11.2. The Labute approximate surface area is 129 Å². The second-order valence-electron chi connectivity index (χ2n) is 5.13. The molecule has 0 saturated carbocycles. The second-order valence-corrected chi connectivity index (χ2v) is 6.81. The fraction of sp³-hybridized carbons (Fsp3) is 0.200. The van der Waals surface area contributed by atoms with Gasteiger partial charge in [-0.3, -0.25) is 14.8 Å². The first-order valence-corrected chi connectivity index (χ1v) is 8.04. The van der Waals surface area contributed by atoms with Gasteiger partial charge in [-0.05, 0) is 44.5 Å². The highest BCUT2D eigenvalue weighted by molar-refractivity contribution is 7.92. The first-order chi connectivity index (χ1) is 10.2. The summed E-state index contributed by atoms with van der Waals surface area (Å²) in [5.41, 5.74) is 2.16. The Morgan fingerprint density at radius 3 is 2.14 bits per heavy atom. The maximum absolute atomic E-state index is 12.4. The molecule has 2 aromatic carbocycles. The van der Waals surface area contributed by atoms with Crippen LogP contribution in [0, 0.1) is 30.9 Å². The summed E-state index contributed by atoms with van der Waals surface area (Å²) in [5, 5.41) is 10.9. The van der Waals surface area contributed by atoms with E-state index in [1.54, 1.807) is 26.0 Å². The van der Waals surface area contributed by atoms with Crippen LogP contribution in [0.5, 0.6) is 0 Å². The van der Waals surface area contributed by atoms with Gasteiger partial charge in [-0.2, -0.15) is 0 Å². The number of rotatable bonds is 4. The topological polar surface area (TPSA) is 89.3 Å². The van der Waals surface area contributed by atoms with E-state index in [1.807, 2.05) is 6.92 Å². The molecule has 1 N–H and O–H groups in total. The molecule has 2 aromatic rings. The van der Waals surface area contributed by atoms with Gasteiger partial charge in [0.05, 0.1) is 15.5 Å². The molecule has 0 bridgehead atoms. The van der Waals surface area contributed by atoms with Crippen molar-refractivity contribution in [1.29, 1.82) is 0 Å². The number of nitrogens with one attached hydrogen (secondary N) is 1. The van der Waals surface area contributed by atoms with Gasteiger partial charge in [-0.15, -0.1) is 0 Å². The predicted octanol–water partition coefficient (Wildman–Crippen LogP) is 3.32. The van der Waals surface area contributed by atoms with E-state index in [2.05, 4.69) is 4.72 Å². The summed E-state index contributed by atoms with van der Waals surface area (Å²) in [7, 11) is -3.72. The summed E-state index contributed by atoms with van der Waals surface area (Å²) in [6.45, 7) is 5.06. The first kappa shape index (κ1) is 16.0. The van der Waals surface area contributed by atoms with Crippen LogP contribution in [0.4, 0.5) is 11.4 Å². The number of hydrogen-bond donors (Lipinski definition) is 1. The summed E-state index contributed by atoms with van der Waals surface area (Å²) < 4.78 is 27.2. The van der Waals surface area contributed by atoms with Crippen molar-refractivity contribution in [3.05, 3.63) is 63.2 Å². The first-order valence-electron chi connectivity index (χ1n) is 6.56. The molecule has 0 aliphatic rings. The Morgan fingerprint density at radius 2 is 1.59 bits per heavy atom. The molecule has 0 aliphatic carbocycles. The number of aryl methyl sites for hydroxylation is 3. The monoisotopic (exact) mass is 320 g/mol. The standard InChI is InChI=1S/C15H16N2O4S/c1-10-4-6-13(7-5-10)22(20,21)16-14-8-12(3)15(17(18)19)9-11(14)2/h4-9,16H,1-3H3. The number of anilines is 1. The third-order valence-corrected chi connectivity index (χ3v) is 4.70. The van der Waals surface area contributed by atoms with Crippen LogP contribution in [-0.2, 0) is 10.0 Å². The van der Waals surface area contributed by atoms with Crippen molar-refractivity contribution in [3.63, 3.8) is 0 Å². The van der Waals surface area contributed by atoms with Crippen molar-refractivity contribution in [2.45, 2.75) is 25.7 Å². The molecule has 0 spiro atoms. The highest BCUT2D eigenvalue weighted by Crippen LogP contribution is 2.27. The number of hydrogen-bond acceptors (Lipinski definition) is 4. The van der Waals surface area contributed by atoms with Crippen LogP contribution in [0.25, 0.3) is 0 Å². The Balaban J connectivity index is 2.40. The maximum Gasteiger partial charge on any atom is 0.272 e. The number of nitro groups is 1. The third-order valence-electron chi connectivity index (χ3n) is 3.32. The molecule has 0 aromatic heterocycles. The smallest absolute Gasteiger partial charge is 0.272 e. The zero-order valence-corrected chi connectivity index (χ0v) is 13.3. The zero-order chi connectivity index (χ0) is 16.5. The van der Waals surface area contributed by atoms with Crippen molar-refractivity contribution in [3.8, 4) is 0 Å². The highest BCUT2D eigenvalue weighted by Gasteiger charge is 2.18. The zero-order valence-electron chi connectivity index (χ0n) is 12.5. The molecule has 0 amide bonds. The van der Waals surface area contributed by atoms with Gasteiger partial charge < -0.3 is 0 Å². The van der Waals surface area contributed by atoms with Crippen molar-refractivity contribution < 1.29 is 13.3 Å². The second kappa shape index (κ2) is 5.76. The number of benzene rings is 2. The molecule has 7 heteroatoms. The fourth-order valence-electron chi connectivity index (χ4n) is 2.03. The van der Waals surface area contributed by atoms with Gasteiger partial charge in [0.2, 0.25) is 0 Å². The summed E-state index contributed by atoms with van der Waals surface area (Å²) in [5.74, 6) is 0. The Bertz CT molecular complexity index is 827. The summed E-state index contributed by atoms with van der Waals surface area (Å²) in [4.78, 5) is 10.6. The number of nitro benzene ring substituents is 1. The average molecular weight is 320 g/mol. The molecule has 0 radical (unpaired) electrons. The molecular formula is C15H16N2O4S. The van der Waals surface area contributed by atoms with Gasteiger partial charge in [0.25, 0.3) is 15.7 Å². The van der Waals surface area contributed by atoms with Crippen molar-refractivity contribution >= 4 is 21.4 Å².